The molecular formula is C47H37NO. The highest BCUT2D eigenvalue weighted by atomic mass is 16.3. The van der Waals surface area contributed by atoms with Crippen molar-refractivity contribution in [2.75, 3.05) is 4.90 Å². The van der Waals surface area contributed by atoms with Gasteiger partial charge in [-0.05, 0) is 98.1 Å². The van der Waals surface area contributed by atoms with Crippen LogP contribution in [0.2, 0.25) is 0 Å². The zero-order chi connectivity index (χ0) is 33.2. The summed E-state index contributed by atoms with van der Waals surface area (Å²) in [5, 5.41) is 5.00. The second-order valence-electron chi connectivity index (χ2n) is 15.0. The van der Waals surface area contributed by atoms with E-state index in [9.17, 15) is 0 Å². The minimum atomic E-state index is -0.214. The van der Waals surface area contributed by atoms with E-state index in [0.29, 0.717) is 0 Å². The Bertz CT molecular complexity index is 2670. The van der Waals surface area contributed by atoms with Crippen molar-refractivity contribution in [3.05, 3.63) is 161 Å². The number of rotatable bonds is 3. The highest BCUT2D eigenvalue weighted by Gasteiger charge is 2.44. The first kappa shape index (κ1) is 28.4. The summed E-state index contributed by atoms with van der Waals surface area (Å²) in [5.41, 5.74) is 17.0. The molecule has 0 amide bonds. The lowest BCUT2D eigenvalue weighted by Crippen LogP contribution is -2.29. The molecule has 0 atom stereocenters. The van der Waals surface area contributed by atoms with Crippen LogP contribution in [0.5, 0.6) is 0 Å². The molecule has 0 bridgehead atoms. The lowest BCUT2D eigenvalue weighted by Gasteiger charge is -2.39. The molecule has 8 aromatic rings. The normalized spacial score (nSPS) is 15.0. The van der Waals surface area contributed by atoms with E-state index in [1.165, 1.54) is 55.3 Å². The monoisotopic (exact) mass is 631 g/mol. The van der Waals surface area contributed by atoms with E-state index in [1.54, 1.807) is 0 Å². The van der Waals surface area contributed by atoms with E-state index in [-0.39, 0.29) is 10.8 Å². The van der Waals surface area contributed by atoms with Gasteiger partial charge in [0.2, 0.25) is 0 Å². The smallest absolute Gasteiger partial charge is 0.159 e. The molecule has 0 saturated carbocycles. The van der Waals surface area contributed by atoms with Gasteiger partial charge in [-0.25, -0.2) is 0 Å². The molecule has 0 fully saturated rings. The van der Waals surface area contributed by atoms with Crippen molar-refractivity contribution in [2.24, 2.45) is 0 Å². The van der Waals surface area contributed by atoms with Crippen molar-refractivity contribution in [3.8, 4) is 22.3 Å². The lowest BCUT2D eigenvalue weighted by atomic mass is 9.63. The van der Waals surface area contributed by atoms with Crippen LogP contribution in [0, 0.1) is 6.92 Å². The average Bonchev–Trinajstić information content (AvgIpc) is 3.61. The molecule has 1 heterocycles. The predicted octanol–water partition coefficient (Wildman–Crippen LogP) is 13.1. The first-order valence-corrected chi connectivity index (χ1v) is 17.4. The minimum Gasteiger partial charge on any atom is -0.454 e. The molecule has 0 aliphatic heterocycles. The van der Waals surface area contributed by atoms with Gasteiger partial charge in [-0.2, -0.15) is 0 Å². The van der Waals surface area contributed by atoms with Gasteiger partial charge in [0.15, 0.2) is 5.58 Å². The molecule has 0 radical (unpaired) electrons. The summed E-state index contributed by atoms with van der Waals surface area (Å²) in [6, 6.07) is 49.1. The van der Waals surface area contributed by atoms with Gasteiger partial charge in [0.1, 0.15) is 5.58 Å². The fourth-order valence-corrected chi connectivity index (χ4v) is 9.26. The van der Waals surface area contributed by atoms with Crippen LogP contribution in [-0.4, -0.2) is 0 Å². The Morgan fingerprint density at radius 2 is 1.12 bits per heavy atom. The summed E-state index contributed by atoms with van der Waals surface area (Å²) in [4.78, 5) is 2.37. The zero-order valence-corrected chi connectivity index (χ0v) is 28.6. The van der Waals surface area contributed by atoms with Crippen LogP contribution in [0.15, 0.2) is 138 Å². The van der Waals surface area contributed by atoms with Crippen LogP contribution in [0.25, 0.3) is 55.0 Å². The molecule has 1 aromatic heterocycles. The van der Waals surface area contributed by atoms with Gasteiger partial charge in [-0.3, -0.25) is 0 Å². The number of aryl methyl sites for hydroxylation is 1. The van der Waals surface area contributed by atoms with Crippen LogP contribution < -0.4 is 4.90 Å². The zero-order valence-electron chi connectivity index (χ0n) is 28.6. The first-order valence-electron chi connectivity index (χ1n) is 17.4. The molecule has 2 nitrogen and oxygen atoms in total. The molecule has 236 valence electrons. The maximum atomic E-state index is 6.72. The Balaban J connectivity index is 1.20. The Morgan fingerprint density at radius 3 is 1.90 bits per heavy atom. The van der Waals surface area contributed by atoms with Gasteiger partial charge in [-0.15, -0.1) is 0 Å². The highest BCUT2D eigenvalue weighted by Crippen LogP contribution is 2.59. The average molecular weight is 632 g/mol. The molecule has 10 rings (SSSR count). The maximum absolute atomic E-state index is 6.72. The molecule has 2 heteroatoms. The third-order valence-electron chi connectivity index (χ3n) is 11.5. The minimum absolute atomic E-state index is 0.151. The van der Waals surface area contributed by atoms with E-state index < -0.39 is 0 Å². The van der Waals surface area contributed by atoms with Crippen LogP contribution >= 0.6 is 0 Å². The quantitative estimate of drug-likeness (QED) is 0.193. The number of anilines is 3. The number of hydrogen-bond donors (Lipinski definition) is 0. The van der Waals surface area contributed by atoms with Crippen molar-refractivity contribution in [3.63, 3.8) is 0 Å². The summed E-state index contributed by atoms with van der Waals surface area (Å²) in [6.07, 6.45) is 0. The summed E-state index contributed by atoms with van der Waals surface area (Å²) >= 11 is 0. The third-order valence-corrected chi connectivity index (χ3v) is 11.5. The van der Waals surface area contributed by atoms with Gasteiger partial charge in [0, 0.05) is 33.0 Å². The number of furan rings is 1. The Kier molecular flexibility index (Phi) is 5.65. The number of benzene rings is 7. The van der Waals surface area contributed by atoms with Gasteiger partial charge in [-0.1, -0.05) is 131 Å². The fraction of sp³-hybridized carbons (Fsp3) is 0.149. The largest absolute Gasteiger partial charge is 0.454 e. The van der Waals surface area contributed by atoms with Crippen molar-refractivity contribution in [1.82, 2.24) is 0 Å². The van der Waals surface area contributed by atoms with E-state index >= 15 is 0 Å². The van der Waals surface area contributed by atoms with Crippen molar-refractivity contribution < 1.29 is 4.42 Å². The Morgan fingerprint density at radius 1 is 0.490 bits per heavy atom. The van der Waals surface area contributed by atoms with E-state index in [4.69, 9.17) is 4.42 Å². The second-order valence-corrected chi connectivity index (χ2v) is 15.0. The van der Waals surface area contributed by atoms with Crippen LogP contribution in [0.1, 0.15) is 55.5 Å². The Labute approximate surface area is 287 Å². The van der Waals surface area contributed by atoms with Crippen LogP contribution in [0.3, 0.4) is 0 Å². The second kappa shape index (κ2) is 9.74. The molecular weight excluding hydrogens is 595 g/mol. The predicted molar refractivity (Wildman–Crippen MR) is 206 cm³/mol. The third kappa shape index (κ3) is 3.72. The topological polar surface area (TPSA) is 16.4 Å². The molecule has 2 aliphatic rings. The van der Waals surface area contributed by atoms with Gasteiger partial charge < -0.3 is 9.32 Å². The number of hydrogen-bond acceptors (Lipinski definition) is 2. The van der Waals surface area contributed by atoms with E-state index in [1.807, 2.05) is 0 Å². The molecule has 0 N–H and O–H groups in total. The van der Waals surface area contributed by atoms with Crippen LogP contribution in [-0.2, 0) is 10.8 Å². The summed E-state index contributed by atoms with van der Waals surface area (Å²) in [6.45, 7) is 11.8. The SMILES string of the molecule is Cc1cccc2c1oc1c(N(c3ccccc3)c3ccc4c(c3)C(C)(C)c3c-4ccc4c3C(C)(C)c3cccc5cccc-4c35)cccc12. The summed E-state index contributed by atoms with van der Waals surface area (Å²) in [7, 11) is 0. The van der Waals surface area contributed by atoms with Crippen LogP contribution in [0.4, 0.5) is 17.1 Å². The standard InChI is InChI=1S/C47H37NO/c1-28-13-9-19-36-37-20-12-22-40(45(37)49-44(28)36)48(30-16-7-6-8-17-30)31-23-24-32-34-25-26-35-33-18-10-14-29-15-11-21-38(41(29)33)46(2,3)43(35)42(34)47(4,5)39(32)27-31/h6-27H,1-5H3. The van der Waals surface area contributed by atoms with Crippen molar-refractivity contribution in [1.29, 1.82) is 0 Å². The highest BCUT2D eigenvalue weighted by molar-refractivity contribution is 6.11. The lowest BCUT2D eigenvalue weighted by molar-refractivity contribution is 0.591. The summed E-state index contributed by atoms with van der Waals surface area (Å²) in [5.74, 6) is 0. The van der Waals surface area contributed by atoms with Crippen molar-refractivity contribution >= 4 is 49.8 Å². The molecule has 7 aromatic carbocycles. The summed E-state index contributed by atoms with van der Waals surface area (Å²) < 4.78 is 6.72. The molecule has 2 aliphatic carbocycles. The van der Waals surface area contributed by atoms with Gasteiger partial charge >= 0.3 is 0 Å². The van der Waals surface area contributed by atoms with E-state index in [2.05, 4.69) is 173 Å². The van der Waals surface area contributed by atoms with Gasteiger partial charge in [0.05, 0.1) is 5.69 Å². The number of para-hydroxylation sites is 3. The first-order chi connectivity index (χ1) is 23.7. The molecule has 0 unspecified atom stereocenters. The fourth-order valence-electron chi connectivity index (χ4n) is 9.26. The molecule has 0 spiro atoms. The van der Waals surface area contributed by atoms with Gasteiger partial charge in [0.25, 0.3) is 0 Å². The number of fused-ring (bicyclic) bond motifs is 9. The van der Waals surface area contributed by atoms with Crippen molar-refractivity contribution in [2.45, 2.75) is 45.4 Å². The molecule has 49 heavy (non-hydrogen) atoms. The Hall–Kier alpha value is -5.60. The molecule has 0 saturated heterocycles. The number of nitrogens with zero attached hydrogens (tertiary/aromatic N) is 1. The maximum Gasteiger partial charge on any atom is 0.159 e. The van der Waals surface area contributed by atoms with E-state index in [0.717, 1.165) is 44.6 Å².